The molecule has 0 radical (unpaired) electrons. The Hall–Kier alpha value is -0.430. The van der Waals surface area contributed by atoms with E-state index in [0.717, 1.165) is 32.0 Å². The predicted molar refractivity (Wildman–Crippen MR) is 139 cm³/mol. The Morgan fingerprint density at radius 2 is 2.13 bits per heavy atom. The second kappa shape index (κ2) is 13.9. The molecular weight excluding hydrogens is 533 g/mol. The maximum atomic E-state index is 11.8. The van der Waals surface area contributed by atoms with Gasteiger partial charge in [-0.3, -0.25) is 9.89 Å². The lowest BCUT2D eigenvalue weighted by Crippen LogP contribution is -2.41. The van der Waals surface area contributed by atoms with Crippen LogP contribution in [-0.4, -0.2) is 76.2 Å². The lowest BCUT2D eigenvalue weighted by Gasteiger charge is -2.38. The van der Waals surface area contributed by atoms with Gasteiger partial charge in [-0.1, -0.05) is 6.07 Å². The summed E-state index contributed by atoms with van der Waals surface area (Å²) >= 11 is 1.83. The van der Waals surface area contributed by atoms with Crippen LogP contribution in [0.5, 0.6) is 0 Å². The van der Waals surface area contributed by atoms with Crippen molar-refractivity contribution in [3.63, 3.8) is 0 Å². The molecule has 2 heterocycles. The molecule has 2 N–H and O–H groups in total. The number of halogens is 1. The van der Waals surface area contributed by atoms with Gasteiger partial charge in [0.1, 0.15) is 0 Å². The van der Waals surface area contributed by atoms with Gasteiger partial charge in [0, 0.05) is 44.1 Å². The lowest BCUT2D eigenvalue weighted by atomic mass is 9.88. The quantitative estimate of drug-likeness (QED) is 0.196. The van der Waals surface area contributed by atoms with Crippen LogP contribution in [0.4, 0.5) is 0 Å². The number of piperidine rings is 1. The van der Waals surface area contributed by atoms with E-state index >= 15 is 0 Å². The molecule has 0 aliphatic carbocycles. The van der Waals surface area contributed by atoms with E-state index in [-0.39, 0.29) is 29.7 Å². The summed E-state index contributed by atoms with van der Waals surface area (Å²) < 4.78 is 25.1. The van der Waals surface area contributed by atoms with Gasteiger partial charge in [-0.25, -0.2) is 12.7 Å². The Morgan fingerprint density at radius 3 is 2.77 bits per heavy atom. The summed E-state index contributed by atoms with van der Waals surface area (Å²) in [4.78, 5) is 8.73. The summed E-state index contributed by atoms with van der Waals surface area (Å²) in [5, 5.41) is 8.81. The molecule has 2 unspecified atom stereocenters. The van der Waals surface area contributed by atoms with Gasteiger partial charge in [-0.2, -0.15) is 0 Å². The molecule has 1 aromatic heterocycles. The molecule has 0 saturated carbocycles. The molecular formula is C20H38IN5O2S2. The van der Waals surface area contributed by atoms with Gasteiger partial charge in [0.2, 0.25) is 10.0 Å². The van der Waals surface area contributed by atoms with E-state index in [1.54, 1.807) is 14.0 Å². The minimum atomic E-state index is -3.11. The first kappa shape index (κ1) is 27.6. The van der Waals surface area contributed by atoms with Crippen molar-refractivity contribution in [2.45, 2.75) is 39.2 Å². The molecule has 0 bridgehead atoms. The fraction of sp³-hybridized carbons (Fsp3) is 0.750. The van der Waals surface area contributed by atoms with Crippen molar-refractivity contribution in [3.05, 3.63) is 22.4 Å². The van der Waals surface area contributed by atoms with Gasteiger partial charge < -0.3 is 10.6 Å². The summed E-state index contributed by atoms with van der Waals surface area (Å²) in [6.45, 7) is 7.65. The number of thiophene rings is 1. The Bertz CT molecular complexity index is 728. The van der Waals surface area contributed by atoms with E-state index in [2.05, 4.69) is 47.0 Å². The number of aliphatic imine (C=N–C) groups is 1. The topological polar surface area (TPSA) is 77.0 Å². The first-order chi connectivity index (χ1) is 13.9. The third-order valence-electron chi connectivity index (χ3n) is 5.45. The fourth-order valence-corrected chi connectivity index (χ4v) is 5.61. The van der Waals surface area contributed by atoms with E-state index < -0.39 is 10.0 Å². The molecule has 0 aromatic carbocycles. The van der Waals surface area contributed by atoms with Gasteiger partial charge >= 0.3 is 0 Å². The number of guanidine groups is 1. The number of hydrogen-bond acceptors (Lipinski definition) is 5. The Kier molecular flexibility index (Phi) is 12.8. The standard InChI is InChI=1S/C20H37N5O2S2.HI/c1-5-21-20(22-12-9-14-25(4)29(26,27)6-2)23-16-17-10-7-13-24(3)19(17)18-11-8-15-28-18;/h8,11,15,17,19H,5-7,9-10,12-14,16H2,1-4H3,(H2,21,22,23);1H. The van der Waals surface area contributed by atoms with Crippen LogP contribution >= 0.6 is 35.3 Å². The van der Waals surface area contributed by atoms with Crippen molar-refractivity contribution >= 4 is 51.3 Å². The van der Waals surface area contributed by atoms with Crippen molar-refractivity contribution in [3.8, 4) is 0 Å². The number of likely N-dealkylation sites (tertiary alicyclic amines) is 1. The zero-order chi connectivity index (χ0) is 21.3. The van der Waals surface area contributed by atoms with Gasteiger partial charge in [0.25, 0.3) is 0 Å². The van der Waals surface area contributed by atoms with E-state index in [9.17, 15) is 8.42 Å². The highest BCUT2D eigenvalue weighted by molar-refractivity contribution is 14.0. The molecule has 30 heavy (non-hydrogen) atoms. The summed E-state index contributed by atoms with van der Waals surface area (Å²) in [7, 11) is 0.743. The molecule has 0 spiro atoms. The van der Waals surface area contributed by atoms with E-state index in [1.807, 2.05) is 11.3 Å². The molecule has 7 nitrogen and oxygen atoms in total. The van der Waals surface area contributed by atoms with Crippen molar-refractivity contribution in [2.75, 3.05) is 52.6 Å². The average Bonchev–Trinajstić information content (AvgIpc) is 3.23. The molecule has 174 valence electrons. The third-order valence-corrected chi connectivity index (χ3v) is 8.26. The van der Waals surface area contributed by atoms with E-state index in [0.29, 0.717) is 25.0 Å². The molecule has 2 atom stereocenters. The monoisotopic (exact) mass is 571 g/mol. The summed E-state index contributed by atoms with van der Waals surface area (Å²) in [5.74, 6) is 1.46. The average molecular weight is 572 g/mol. The molecule has 1 aliphatic rings. The number of sulfonamides is 1. The molecule has 1 fully saturated rings. The fourth-order valence-electron chi connectivity index (χ4n) is 3.78. The van der Waals surface area contributed by atoms with Crippen molar-refractivity contribution in [2.24, 2.45) is 10.9 Å². The minimum absolute atomic E-state index is 0. The second-order valence-electron chi connectivity index (χ2n) is 7.57. The molecule has 2 rings (SSSR count). The zero-order valence-corrected chi connectivity index (χ0v) is 22.6. The Balaban J connectivity index is 0.00000450. The van der Waals surface area contributed by atoms with Crippen molar-refractivity contribution in [1.82, 2.24) is 19.8 Å². The summed E-state index contributed by atoms with van der Waals surface area (Å²) in [5.41, 5.74) is 0. The highest BCUT2D eigenvalue weighted by atomic mass is 127. The van der Waals surface area contributed by atoms with Gasteiger partial charge in [-0.15, -0.1) is 35.3 Å². The highest BCUT2D eigenvalue weighted by Gasteiger charge is 2.31. The van der Waals surface area contributed by atoms with Crippen molar-refractivity contribution in [1.29, 1.82) is 0 Å². The van der Waals surface area contributed by atoms with Gasteiger partial charge in [-0.05, 0) is 64.1 Å². The Morgan fingerprint density at radius 1 is 1.37 bits per heavy atom. The van der Waals surface area contributed by atoms with Crippen LogP contribution in [0.15, 0.2) is 22.5 Å². The number of nitrogens with zero attached hydrogens (tertiary/aromatic N) is 3. The first-order valence-electron chi connectivity index (χ1n) is 10.6. The van der Waals surface area contributed by atoms with Crippen LogP contribution in [0, 0.1) is 5.92 Å². The lowest BCUT2D eigenvalue weighted by molar-refractivity contribution is 0.128. The smallest absolute Gasteiger partial charge is 0.213 e. The highest BCUT2D eigenvalue weighted by Crippen LogP contribution is 2.37. The largest absolute Gasteiger partial charge is 0.357 e. The van der Waals surface area contributed by atoms with E-state index in [1.165, 1.54) is 22.0 Å². The predicted octanol–water partition coefficient (Wildman–Crippen LogP) is 2.98. The minimum Gasteiger partial charge on any atom is -0.357 e. The number of nitrogens with one attached hydrogen (secondary N) is 2. The van der Waals surface area contributed by atoms with Gasteiger partial charge in [0.05, 0.1) is 5.75 Å². The van der Waals surface area contributed by atoms with Crippen LogP contribution in [0.1, 0.15) is 44.0 Å². The summed E-state index contributed by atoms with van der Waals surface area (Å²) in [6, 6.07) is 4.80. The number of rotatable bonds is 10. The van der Waals surface area contributed by atoms with Crippen LogP contribution in [0.2, 0.25) is 0 Å². The van der Waals surface area contributed by atoms with Crippen molar-refractivity contribution < 1.29 is 8.42 Å². The maximum Gasteiger partial charge on any atom is 0.213 e. The molecule has 1 aliphatic heterocycles. The van der Waals surface area contributed by atoms with Crippen LogP contribution in [0.25, 0.3) is 0 Å². The molecule has 1 aromatic rings. The van der Waals surface area contributed by atoms with Gasteiger partial charge in [0.15, 0.2) is 5.96 Å². The normalized spacial score (nSPS) is 20.8. The summed E-state index contributed by atoms with van der Waals surface area (Å²) in [6.07, 6.45) is 3.14. The van der Waals surface area contributed by atoms with Crippen LogP contribution in [-0.2, 0) is 10.0 Å². The van der Waals surface area contributed by atoms with E-state index in [4.69, 9.17) is 4.99 Å². The zero-order valence-electron chi connectivity index (χ0n) is 18.6. The van der Waals surface area contributed by atoms with Crippen LogP contribution < -0.4 is 10.6 Å². The molecule has 1 saturated heterocycles. The Labute approximate surface area is 203 Å². The maximum absolute atomic E-state index is 11.8. The molecule has 10 heteroatoms. The number of hydrogen-bond donors (Lipinski definition) is 2. The van der Waals surface area contributed by atoms with Crippen LogP contribution in [0.3, 0.4) is 0 Å². The first-order valence-corrected chi connectivity index (χ1v) is 13.1. The molecule has 0 amide bonds. The SMILES string of the molecule is CCNC(=NCC1CCCN(C)C1c1cccs1)NCCCN(C)S(=O)(=O)CC.I. The third kappa shape index (κ3) is 8.25. The second-order valence-corrected chi connectivity index (χ2v) is 10.9.